The third kappa shape index (κ3) is 2.99. The van der Waals surface area contributed by atoms with Crippen molar-refractivity contribution in [3.8, 4) is 0 Å². The van der Waals surface area contributed by atoms with E-state index in [1.807, 2.05) is 0 Å². The number of carbonyl (C=O) groups is 1. The van der Waals surface area contributed by atoms with Crippen LogP contribution in [0.15, 0.2) is 0 Å². The first-order chi connectivity index (χ1) is 8.00. The second-order valence-corrected chi connectivity index (χ2v) is 6.01. The van der Waals surface area contributed by atoms with Crippen molar-refractivity contribution in [1.82, 2.24) is 5.32 Å². The summed E-state index contributed by atoms with van der Waals surface area (Å²) in [6, 6.07) is 0.189. The number of carbonyl (C=O) groups excluding carboxylic acids is 1. The molecule has 4 unspecified atom stereocenters. The van der Waals surface area contributed by atoms with Gasteiger partial charge in [0.15, 0.2) is 0 Å². The molecule has 1 amide bonds. The average Bonchev–Trinajstić information content (AvgIpc) is 2.68. The summed E-state index contributed by atoms with van der Waals surface area (Å²) in [7, 11) is 0. The predicted octanol–water partition coefficient (Wildman–Crippen LogP) is 1.05. The highest BCUT2D eigenvalue weighted by molar-refractivity contribution is 5.80. The van der Waals surface area contributed by atoms with Crippen LogP contribution in [0.5, 0.6) is 0 Å². The molecular weight excluding hydrogens is 216 g/mol. The topological polar surface area (TPSA) is 64.4 Å². The maximum Gasteiger partial charge on any atom is 0.223 e. The largest absolute Gasteiger partial charge is 0.379 e. The molecule has 4 nitrogen and oxygen atoms in total. The SMILES string of the molecule is CC1CCC(N)CC1C(=O)NC1(C)CCOC1. The van der Waals surface area contributed by atoms with Crippen LogP contribution in [0.3, 0.4) is 0 Å². The number of amides is 1. The number of rotatable bonds is 2. The predicted molar refractivity (Wildman–Crippen MR) is 66.5 cm³/mol. The molecule has 0 aromatic rings. The molecule has 3 N–H and O–H groups in total. The van der Waals surface area contributed by atoms with E-state index >= 15 is 0 Å². The summed E-state index contributed by atoms with van der Waals surface area (Å²) in [6.45, 7) is 5.59. The van der Waals surface area contributed by atoms with Crippen molar-refractivity contribution in [1.29, 1.82) is 0 Å². The third-order valence-corrected chi connectivity index (χ3v) is 4.22. The first kappa shape index (κ1) is 12.8. The van der Waals surface area contributed by atoms with E-state index in [9.17, 15) is 4.79 Å². The molecule has 2 rings (SSSR count). The Kier molecular flexibility index (Phi) is 3.73. The Hall–Kier alpha value is -0.610. The minimum atomic E-state index is -0.168. The Morgan fingerprint density at radius 1 is 1.47 bits per heavy atom. The summed E-state index contributed by atoms with van der Waals surface area (Å²) >= 11 is 0. The molecule has 2 fully saturated rings. The fourth-order valence-electron chi connectivity index (χ4n) is 2.88. The molecule has 0 bridgehead atoms. The molecule has 0 aromatic carbocycles. The fourth-order valence-corrected chi connectivity index (χ4v) is 2.88. The van der Waals surface area contributed by atoms with Gasteiger partial charge in [-0.05, 0) is 38.5 Å². The van der Waals surface area contributed by atoms with Crippen LogP contribution in [0.4, 0.5) is 0 Å². The van der Waals surface area contributed by atoms with Crippen LogP contribution in [-0.4, -0.2) is 30.7 Å². The van der Waals surface area contributed by atoms with Gasteiger partial charge in [0.25, 0.3) is 0 Å². The van der Waals surface area contributed by atoms with E-state index in [1.165, 1.54) is 0 Å². The maximum atomic E-state index is 12.3. The molecule has 1 aliphatic carbocycles. The molecule has 1 heterocycles. The normalized spacial score (nSPS) is 42.4. The number of hydrogen-bond donors (Lipinski definition) is 2. The smallest absolute Gasteiger partial charge is 0.223 e. The van der Waals surface area contributed by atoms with E-state index in [1.54, 1.807) is 0 Å². The monoisotopic (exact) mass is 240 g/mol. The molecular formula is C13H24N2O2. The lowest BCUT2D eigenvalue weighted by atomic mass is 9.77. The second kappa shape index (κ2) is 4.94. The molecule has 0 spiro atoms. The molecule has 1 saturated carbocycles. The second-order valence-electron chi connectivity index (χ2n) is 6.01. The summed E-state index contributed by atoms with van der Waals surface area (Å²) in [6.07, 6.45) is 3.84. The van der Waals surface area contributed by atoms with Gasteiger partial charge in [0.05, 0.1) is 12.1 Å². The molecule has 2 aliphatic rings. The number of nitrogens with one attached hydrogen (secondary N) is 1. The first-order valence-electron chi connectivity index (χ1n) is 6.65. The van der Waals surface area contributed by atoms with E-state index < -0.39 is 0 Å². The first-order valence-corrected chi connectivity index (χ1v) is 6.65. The van der Waals surface area contributed by atoms with Crippen molar-refractivity contribution in [3.63, 3.8) is 0 Å². The van der Waals surface area contributed by atoms with Gasteiger partial charge in [0.2, 0.25) is 5.91 Å². The van der Waals surface area contributed by atoms with Crippen molar-refractivity contribution in [3.05, 3.63) is 0 Å². The molecule has 4 heteroatoms. The highest BCUT2D eigenvalue weighted by Gasteiger charge is 2.37. The van der Waals surface area contributed by atoms with Crippen LogP contribution in [0.2, 0.25) is 0 Å². The van der Waals surface area contributed by atoms with Gasteiger partial charge in [-0.2, -0.15) is 0 Å². The zero-order chi connectivity index (χ0) is 12.5. The highest BCUT2D eigenvalue weighted by Crippen LogP contribution is 2.30. The van der Waals surface area contributed by atoms with E-state index in [0.29, 0.717) is 12.5 Å². The Bertz CT molecular complexity index is 287. The Labute approximate surface area is 103 Å². The highest BCUT2D eigenvalue weighted by atomic mass is 16.5. The van der Waals surface area contributed by atoms with Gasteiger partial charge in [-0.3, -0.25) is 4.79 Å². The van der Waals surface area contributed by atoms with Crippen LogP contribution in [-0.2, 0) is 9.53 Å². The summed E-state index contributed by atoms with van der Waals surface area (Å²) < 4.78 is 5.36. The van der Waals surface area contributed by atoms with Crippen molar-refractivity contribution in [2.24, 2.45) is 17.6 Å². The summed E-state index contributed by atoms with van der Waals surface area (Å²) in [5.41, 5.74) is 5.79. The lowest BCUT2D eigenvalue weighted by Gasteiger charge is -2.34. The maximum absolute atomic E-state index is 12.3. The summed E-state index contributed by atoms with van der Waals surface area (Å²) in [5.74, 6) is 0.692. The van der Waals surface area contributed by atoms with Crippen LogP contribution in [0.25, 0.3) is 0 Å². The quantitative estimate of drug-likeness (QED) is 0.758. The van der Waals surface area contributed by atoms with Gasteiger partial charge < -0.3 is 15.8 Å². The number of hydrogen-bond acceptors (Lipinski definition) is 3. The van der Waals surface area contributed by atoms with Gasteiger partial charge in [-0.1, -0.05) is 6.92 Å². The van der Waals surface area contributed by atoms with Crippen LogP contribution >= 0.6 is 0 Å². The summed E-state index contributed by atoms with van der Waals surface area (Å²) in [5, 5.41) is 3.16. The molecule has 0 radical (unpaired) electrons. The van der Waals surface area contributed by atoms with E-state index in [-0.39, 0.29) is 23.4 Å². The van der Waals surface area contributed by atoms with Gasteiger partial charge >= 0.3 is 0 Å². The number of nitrogens with two attached hydrogens (primary N) is 1. The van der Waals surface area contributed by atoms with E-state index in [2.05, 4.69) is 19.2 Å². The van der Waals surface area contributed by atoms with Crippen LogP contribution < -0.4 is 11.1 Å². The molecule has 1 saturated heterocycles. The van der Waals surface area contributed by atoms with Crippen LogP contribution in [0.1, 0.15) is 39.5 Å². The fraction of sp³-hybridized carbons (Fsp3) is 0.923. The average molecular weight is 240 g/mol. The zero-order valence-corrected chi connectivity index (χ0v) is 10.9. The Balaban J connectivity index is 1.94. The van der Waals surface area contributed by atoms with Crippen molar-refractivity contribution in [2.75, 3.05) is 13.2 Å². The Morgan fingerprint density at radius 2 is 2.24 bits per heavy atom. The van der Waals surface area contributed by atoms with Gasteiger partial charge in [0.1, 0.15) is 0 Å². The minimum Gasteiger partial charge on any atom is -0.379 e. The van der Waals surface area contributed by atoms with E-state index in [0.717, 1.165) is 32.3 Å². The standard InChI is InChI=1S/C13H24N2O2/c1-9-3-4-10(14)7-11(9)12(16)15-13(2)5-6-17-8-13/h9-11H,3-8,14H2,1-2H3,(H,15,16). The third-order valence-electron chi connectivity index (χ3n) is 4.22. The minimum absolute atomic E-state index is 0.0798. The van der Waals surface area contributed by atoms with Crippen molar-refractivity contribution >= 4 is 5.91 Å². The van der Waals surface area contributed by atoms with E-state index in [4.69, 9.17) is 10.5 Å². The number of ether oxygens (including phenoxy) is 1. The molecule has 1 aliphatic heterocycles. The van der Waals surface area contributed by atoms with Crippen molar-refractivity contribution < 1.29 is 9.53 Å². The lowest BCUT2D eigenvalue weighted by molar-refractivity contribution is -0.129. The van der Waals surface area contributed by atoms with Crippen molar-refractivity contribution in [2.45, 2.75) is 51.1 Å². The Morgan fingerprint density at radius 3 is 2.88 bits per heavy atom. The van der Waals surface area contributed by atoms with Gasteiger partial charge in [-0.15, -0.1) is 0 Å². The molecule has 17 heavy (non-hydrogen) atoms. The summed E-state index contributed by atoms with van der Waals surface area (Å²) in [4.78, 5) is 12.3. The zero-order valence-electron chi connectivity index (χ0n) is 10.9. The molecule has 98 valence electrons. The molecule has 0 aromatic heterocycles. The molecule has 4 atom stereocenters. The van der Waals surface area contributed by atoms with Gasteiger partial charge in [-0.25, -0.2) is 0 Å². The van der Waals surface area contributed by atoms with Gasteiger partial charge in [0, 0.05) is 18.6 Å². The van der Waals surface area contributed by atoms with Crippen LogP contribution in [0, 0.1) is 11.8 Å². The lowest BCUT2D eigenvalue weighted by Crippen LogP contribution is -2.51.